The summed E-state index contributed by atoms with van der Waals surface area (Å²) < 4.78 is 22.6. The lowest BCUT2D eigenvalue weighted by molar-refractivity contribution is 0.102. The Morgan fingerprint density at radius 3 is 2.72 bits per heavy atom. The molecule has 186 valence electrons. The van der Waals surface area contributed by atoms with E-state index < -0.39 is 17.3 Å². The number of aromatic nitrogens is 4. The third kappa shape index (κ3) is 3.97. The molecule has 1 atom stereocenters. The van der Waals surface area contributed by atoms with Crippen molar-refractivity contribution in [2.75, 3.05) is 30.4 Å². The lowest BCUT2D eigenvalue weighted by Gasteiger charge is -2.22. The van der Waals surface area contributed by atoms with Crippen LogP contribution in [-0.4, -0.2) is 51.5 Å². The second-order valence-electron chi connectivity index (χ2n) is 8.76. The fourth-order valence-electron chi connectivity index (χ4n) is 4.52. The molecule has 2 aromatic heterocycles. The monoisotopic (exact) mass is 491 g/mol. The highest BCUT2D eigenvalue weighted by molar-refractivity contribution is 6.08. The number of rotatable bonds is 5. The number of aryl methyl sites for hydroxylation is 2. The van der Waals surface area contributed by atoms with Crippen LogP contribution in [0.25, 0.3) is 16.7 Å². The van der Waals surface area contributed by atoms with Crippen LogP contribution in [0.15, 0.2) is 47.3 Å². The van der Waals surface area contributed by atoms with Crippen LogP contribution in [0.4, 0.5) is 15.8 Å². The first-order chi connectivity index (χ1) is 17.3. The second-order valence-corrected chi connectivity index (χ2v) is 8.76. The van der Waals surface area contributed by atoms with Gasteiger partial charge in [-0.25, -0.2) is 9.37 Å². The van der Waals surface area contributed by atoms with Crippen molar-refractivity contribution in [1.82, 2.24) is 19.3 Å². The molecule has 1 aliphatic heterocycles. The molecule has 0 spiro atoms. The first-order valence-corrected chi connectivity index (χ1v) is 11.5. The quantitative estimate of drug-likeness (QED) is 0.440. The number of nitrogens with zero attached hydrogens (tertiary/aromatic N) is 5. The number of ether oxygens (including phenoxy) is 1. The molecule has 1 fully saturated rings. The van der Waals surface area contributed by atoms with Gasteiger partial charge in [0.1, 0.15) is 28.5 Å². The zero-order chi connectivity index (χ0) is 25.6. The summed E-state index contributed by atoms with van der Waals surface area (Å²) in [4.78, 5) is 32.7. The highest BCUT2D eigenvalue weighted by atomic mass is 19.1. The van der Waals surface area contributed by atoms with Crippen molar-refractivity contribution in [3.05, 3.63) is 70.2 Å². The Hall–Kier alpha value is -4.25. The maximum Gasteiger partial charge on any atom is 0.276 e. The average molecular weight is 492 g/mol. The number of anilines is 2. The molecule has 36 heavy (non-hydrogen) atoms. The number of benzene rings is 2. The van der Waals surface area contributed by atoms with Crippen molar-refractivity contribution in [2.45, 2.75) is 19.4 Å². The first kappa shape index (κ1) is 23.5. The molecule has 1 saturated heterocycles. The highest BCUT2D eigenvalue weighted by Crippen LogP contribution is 2.36. The zero-order valence-corrected chi connectivity index (χ0v) is 20.2. The third-order valence-corrected chi connectivity index (χ3v) is 6.45. The second kappa shape index (κ2) is 9.08. The van der Waals surface area contributed by atoms with Crippen LogP contribution >= 0.6 is 0 Å². The maximum absolute atomic E-state index is 14.6. The summed E-state index contributed by atoms with van der Waals surface area (Å²) in [6.07, 6.45) is 0.826. The molecule has 4 aromatic rings. The van der Waals surface area contributed by atoms with E-state index in [-0.39, 0.29) is 23.2 Å². The normalized spacial score (nSPS) is 15.5. The highest BCUT2D eigenvalue weighted by Gasteiger charge is 2.26. The number of hydrogen-bond donors (Lipinski definition) is 2. The van der Waals surface area contributed by atoms with Crippen molar-refractivity contribution >= 4 is 28.3 Å². The van der Waals surface area contributed by atoms with Crippen LogP contribution in [0, 0.1) is 12.7 Å². The molecular weight excluding hydrogens is 465 g/mol. The molecule has 0 radical (unpaired) electrons. The number of methoxy groups -OCH3 is 1. The lowest BCUT2D eigenvalue weighted by Crippen LogP contribution is -2.28. The van der Waals surface area contributed by atoms with Crippen LogP contribution < -0.4 is 26.2 Å². The molecule has 10 nitrogen and oxygen atoms in total. The van der Waals surface area contributed by atoms with Gasteiger partial charge in [0.2, 0.25) is 0 Å². The predicted molar refractivity (Wildman–Crippen MR) is 135 cm³/mol. The Balaban J connectivity index is 1.56. The maximum atomic E-state index is 14.6. The molecule has 3 heterocycles. The standard InChI is InChI=1S/C25H26FN7O3/c1-14-28-22-19(31(14)2)9-7-17(24(22)32-12-11-15(27)13-32)29-25(35)18-8-10-21(34)33(30-18)23-16(26)5-4-6-20(23)36-3/h4-10,15H,11-13,27H2,1-3H3,(H,29,35)/t15-/m0/s1. The van der Waals surface area contributed by atoms with E-state index in [0.29, 0.717) is 12.2 Å². The van der Waals surface area contributed by atoms with E-state index in [1.54, 1.807) is 0 Å². The number of halogens is 1. The summed E-state index contributed by atoms with van der Waals surface area (Å²) in [6.45, 7) is 3.28. The van der Waals surface area contributed by atoms with Crippen molar-refractivity contribution < 1.29 is 13.9 Å². The van der Waals surface area contributed by atoms with Crippen LogP contribution in [-0.2, 0) is 7.05 Å². The zero-order valence-electron chi connectivity index (χ0n) is 20.2. The third-order valence-electron chi connectivity index (χ3n) is 6.45. The minimum absolute atomic E-state index is 0.0228. The summed E-state index contributed by atoms with van der Waals surface area (Å²) in [7, 11) is 3.30. The topological polar surface area (TPSA) is 120 Å². The Morgan fingerprint density at radius 1 is 1.19 bits per heavy atom. The van der Waals surface area contributed by atoms with Crippen LogP contribution in [0.2, 0.25) is 0 Å². The van der Waals surface area contributed by atoms with Gasteiger partial charge in [-0.3, -0.25) is 9.59 Å². The van der Waals surface area contributed by atoms with E-state index in [1.165, 1.54) is 37.4 Å². The smallest absolute Gasteiger partial charge is 0.276 e. The van der Waals surface area contributed by atoms with E-state index in [4.69, 9.17) is 15.5 Å². The number of imidazole rings is 1. The van der Waals surface area contributed by atoms with Crippen molar-refractivity contribution in [2.24, 2.45) is 12.8 Å². The fraction of sp³-hybridized carbons (Fsp3) is 0.280. The number of amides is 1. The van der Waals surface area contributed by atoms with Gasteiger partial charge in [0.15, 0.2) is 5.82 Å². The summed E-state index contributed by atoms with van der Waals surface area (Å²) in [5.74, 6) is -0.308. The van der Waals surface area contributed by atoms with Crippen LogP contribution in [0.1, 0.15) is 22.7 Å². The van der Waals surface area contributed by atoms with Crippen molar-refractivity contribution in [1.29, 1.82) is 0 Å². The fourth-order valence-corrected chi connectivity index (χ4v) is 4.52. The van der Waals surface area contributed by atoms with Gasteiger partial charge in [0.05, 0.1) is 24.0 Å². The molecule has 0 unspecified atom stereocenters. The molecule has 0 bridgehead atoms. The molecule has 5 rings (SSSR count). The number of para-hydroxylation sites is 1. The molecule has 11 heteroatoms. The van der Waals surface area contributed by atoms with Gasteiger partial charge >= 0.3 is 0 Å². The number of hydrogen-bond acceptors (Lipinski definition) is 7. The molecule has 1 amide bonds. The van der Waals surface area contributed by atoms with E-state index in [1.807, 2.05) is 30.7 Å². The predicted octanol–water partition coefficient (Wildman–Crippen LogP) is 2.37. The van der Waals surface area contributed by atoms with E-state index in [2.05, 4.69) is 15.3 Å². The van der Waals surface area contributed by atoms with Gasteiger partial charge < -0.3 is 25.3 Å². The summed E-state index contributed by atoms with van der Waals surface area (Å²) in [5, 5.41) is 7.05. The molecule has 3 N–H and O–H groups in total. The number of carbonyl (C=O) groups is 1. The van der Waals surface area contributed by atoms with E-state index >= 15 is 0 Å². The van der Waals surface area contributed by atoms with E-state index in [9.17, 15) is 14.0 Å². The minimum atomic E-state index is -0.704. The van der Waals surface area contributed by atoms with Crippen LogP contribution in [0.5, 0.6) is 5.75 Å². The van der Waals surface area contributed by atoms with Crippen LogP contribution in [0.3, 0.4) is 0 Å². The number of nitrogens with one attached hydrogen (secondary N) is 1. The minimum Gasteiger partial charge on any atom is -0.494 e. The van der Waals surface area contributed by atoms with Gasteiger partial charge in [-0.05, 0) is 43.7 Å². The average Bonchev–Trinajstić information content (AvgIpc) is 3.41. The lowest BCUT2D eigenvalue weighted by atomic mass is 10.2. The van der Waals surface area contributed by atoms with Gasteiger partial charge in [-0.2, -0.15) is 9.78 Å². The van der Waals surface area contributed by atoms with Crippen molar-refractivity contribution in [3.63, 3.8) is 0 Å². The first-order valence-electron chi connectivity index (χ1n) is 11.5. The Labute approximate surface area is 206 Å². The van der Waals surface area contributed by atoms with Crippen molar-refractivity contribution in [3.8, 4) is 11.4 Å². The van der Waals surface area contributed by atoms with Gasteiger partial charge in [-0.1, -0.05) is 6.07 Å². The van der Waals surface area contributed by atoms with Gasteiger partial charge in [-0.15, -0.1) is 0 Å². The summed E-state index contributed by atoms with van der Waals surface area (Å²) in [6, 6.07) is 10.4. The largest absolute Gasteiger partial charge is 0.494 e. The molecule has 0 aliphatic carbocycles. The molecule has 2 aromatic carbocycles. The van der Waals surface area contributed by atoms with E-state index in [0.717, 1.165) is 40.2 Å². The Morgan fingerprint density at radius 2 is 2.00 bits per heavy atom. The SMILES string of the molecule is COc1cccc(F)c1-n1nc(C(=O)Nc2ccc3c(nc(C)n3C)c2N2CC[C@H](N)C2)ccc1=O. The number of fused-ring (bicyclic) bond motifs is 1. The molecule has 1 aliphatic rings. The van der Waals surface area contributed by atoms with Gasteiger partial charge in [0.25, 0.3) is 11.5 Å². The Kier molecular flexibility index (Phi) is 5.92. The number of nitrogens with two attached hydrogens (primary N) is 1. The Bertz CT molecular complexity index is 1540. The summed E-state index contributed by atoms with van der Waals surface area (Å²) >= 11 is 0. The molecule has 0 saturated carbocycles. The number of carbonyl (C=O) groups excluding carboxylic acids is 1. The molecular formula is C25H26FN7O3. The van der Waals surface area contributed by atoms with Gasteiger partial charge in [0, 0.05) is 32.2 Å². The summed E-state index contributed by atoms with van der Waals surface area (Å²) in [5.41, 5.74) is 8.34.